The zero-order valence-electron chi connectivity index (χ0n) is 14.3. The van der Waals surface area contributed by atoms with Gasteiger partial charge in [0.2, 0.25) is 0 Å². The van der Waals surface area contributed by atoms with Crippen LogP contribution in [0, 0.1) is 5.82 Å². The van der Waals surface area contributed by atoms with E-state index in [-0.39, 0.29) is 12.6 Å². The van der Waals surface area contributed by atoms with Gasteiger partial charge in [0.1, 0.15) is 11.6 Å². The van der Waals surface area contributed by atoms with Crippen LogP contribution in [0.15, 0.2) is 42.5 Å². The lowest BCUT2D eigenvalue weighted by Crippen LogP contribution is -2.45. The van der Waals surface area contributed by atoms with Crippen molar-refractivity contribution in [2.24, 2.45) is 0 Å². The molecule has 0 amide bonds. The second-order valence-electron chi connectivity index (χ2n) is 6.70. The highest BCUT2D eigenvalue weighted by Crippen LogP contribution is 2.30. The fourth-order valence-electron chi connectivity index (χ4n) is 3.56. The van der Waals surface area contributed by atoms with Crippen LogP contribution < -0.4 is 4.74 Å². The summed E-state index contributed by atoms with van der Waals surface area (Å²) in [6, 6.07) is 13.7. The third kappa shape index (κ3) is 4.00. The van der Waals surface area contributed by atoms with Crippen molar-refractivity contribution in [1.29, 1.82) is 0 Å². The molecule has 1 saturated heterocycles. The third-order valence-corrected chi connectivity index (χ3v) is 4.86. The van der Waals surface area contributed by atoms with Gasteiger partial charge in [-0.1, -0.05) is 30.3 Å². The average Bonchev–Trinajstić information content (AvgIpc) is 2.64. The first-order chi connectivity index (χ1) is 12.3. The van der Waals surface area contributed by atoms with E-state index >= 15 is 0 Å². The Morgan fingerprint density at radius 3 is 2.40 bits per heavy atom. The predicted molar refractivity (Wildman–Crippen MR) is 93.7 cm³/mol. The van der Waals surface area contributed by atoms with Gasteiger partial charge in [-0.25, -0.2) is 4.39 Å². The first-order valence-electron chi connectivity index (χ1n) is 8.78. The molecule has 2 aliphatic heterocycles. The molecule has 4 rings (SSSR count). The lowest BCUT2D eigenvalue weighted by molar-refractivity contribution is -0.0179. The van der Waals surface area contributed by atoms with Crippen LogP contribution in [0.25, 0.3) is 0 Å². The Bertz CT molecular complexity index is 715. The van der Waals surface area contributed by atoms with Crippen LogP contribution in [-0.4, -0.2) is 42.8 Å². The van der Waals surface area contributed by atoms with Crippen molar-refractivity contribution in [1.82, 2.24) is 9.80 Å². The zero-order chi connectivity index (χ0) is 17.1. The Balaban J connectivity index is 1.37. The van der Waals surface area contributed by atoms with Crippen molar-refractivity contribution < 1.29 is 13.9 Å². The topological polar surface area (TPSA) is 24.9 Å². The van der Waals surface area contributed by atoms with E-state index in [2.05, 4.69) is 34.1 Å². The van der Waals surface area contributed by atoms with Gasteiger partial charge in [0.25, 0.3) is 0 Å². The van der Waals surface area contributed by atoms with E-state index in [1.807, 2.05) is 6.07 Å². The SMILES string of the molecule is Fc1cc2c(c(CN3CCN(Cc4ccccc4)CC3)c1)OCOC2. The van der Waals surface area contributed by atoms with E-state index in [0.717, 1.165) is 56.1 Å². The predicted octanol–water partition coefficient (Wildman–Crippen LogP) is 3.01. The minimum Gasteiger partial charge on any atom is -0.467 e. The number of halogens is 1. The van der Waals surface area contributed by atoms with Crippen LogP contribution in [0.4, 0.5) is 4.39 Å². The molecule has 132 valence electrons. The summed E-state index contributed by atoms with van der Waals surface area (Å²) in [5, 5.41) is 0. The van der Waals surface area contributed by atoms with E-state index in [0.29, 0.717) is 6.61 Å². The first kappa shape index (κ1) is 16.5. The molecule has 4 nitrogen and oxygen atoms in total. The van der Waals surface area contributed by atoms with E-state index in [9.17, 15) is 4.39 Å². The summed E-state index contributed by atoms with van der Waals surface area (Å²) in [5.74, 6) is 0.588. The molecule has 0 bridgehead atoms. The third-order valence-electron chi connectivity index (χ3n) is 4.86. The maximum absolute atomic E-state index is 13.9. The highest BCUT2D eigenvalue weighted by atomic mass is 19.1. The molecule has 0 atom stereocenters. The molecule has 0 N–H and O–H groups in total. The molecule has 1 fully saturated rings. The van der Waals surface area contributed by atoms with E-state index < -0.39 is 0 Å². The summed E-state index contributed by atoms with van der Waals surface area (Å²) in [5.41, 5.74) is 3.09. The van der Waals surface area contributed by atoms with E-state index in [4.69, 9.17) is 9.47 Å². The second-order valence-corrected chi connectivity index (χ2v) is 6.70. The Labute approximate surface area is 147 Å². The lowest BCUT2D eigenvalue weighted by atomic mass is 10.1. The average molecular weight is 342 g/mol. The van der Waals surface area contributed by atoms with Crippen molar-refractivity contribution >= 4 is 0 Å². The molecule has 0 radical (unpaired) electrons. The van der Waals surface area contributed by atoms with Crippen molar-refractivity contribution in [3.63, 3.8) is 0 Å². The summed E-state index contributed by atoms with van der Waals surface area (Å²) in [4.78, 5) is 4.84. The minimum absolute atomic E-state index is 0.217. The summed E-state index contributed by atoms with van der Waals surface area (Å²) in [6.07, 6.45) is 0. The molecule has 5 heteroatoms. The Morgan fingerprint density at radius 1 is 0.920 bits per heavy atom. The number of rotatable bonds is 4. The number of nitrogens with zero attached hydrogens (tertiary/aromatic N) is 2. The summed E-state index contributed by atoms with van der Waals surface area (Å²) in [7, 11) is 0. The largest absolute Gasteiger partial charge is 0.467 e. The van der Waals surface area contributed by atoms with Crippen LogP contribution in [0.5, 0.6) is 5.75 Å². The van der Waals surface area contributed by atoms with Crippen molar-refractivity contribution in [3.8, 4) is 5.75 Å². The molecule has 0 saturated carbocycles. The maximum atomic E-state index is 13.9. The molecule has 2 aliphatic rings. The van der Waals surface area contributed by atoms with E-state index in [1.165, 1.54) is 11.6 Å². The molecule has 2 aromatic rings. The first-order valence-corrected chi connectivity index (χ1v) is 8.78. The summed E-state index contributed by atoms with van der Waals surface area (Å²) < 4.78 is 24.8. The Morgan fingerprint density at radius 2 is 1.64 bits per heavy atom. The van der Waals surface area contributed by atoms with Gasteiger partial charge >= 0.3 is 0 Å². The van der Waals surface area contributed by atoms with E-state index in [1.54, 1.807) is 6.07 Å². The highest BCUT2D eigenvalue weighted by Gasteiger charge is 2.21. The molecule has 2 heterocycles. The van der Waals surface area contributed by atoms with Crippen molar-refractivity contribution in [2.75, 3.05) is 33.0 Å². The summed E-state index contributed by atoms with van der Waals surface area (Å²) in [6.45, 7) is 6.39. The number of hydrogen-bond donors (Lipinski definition) is 0. The normalized spacial score (nSPS) is 18.6. The second kappa shape index (κ2) is 7.52. The number of hydrogen-bond acceptors (Lipinski definition) is 4. The molecule has 0 aliphatic carbocycles. The number of fused-ring (bicyclic) bond motifs is 1. The molecule has 0 spiro atoms. The Kier molecular flexibility index (Phi) is 4.97. The van der Waals surface area contributed by atoms with Crippen LogP contribution >= 0.6 is 0 Å². The zero-order valence-corrected chi connectivity index (χ0v) is 14.3. The van der Waals surface area contributed by atoms with Gasteiger partial charge in [0, 0.05) is 50.4 Å². The van der Waals surface area contributed by atoms with Gasteiger partial charge in [0.15, 0.2) is 6.79 Å². The molecule has 0 unspecified atom stereocenters. The summed E-state index contributed by atoms with van der Waals surface area (Å²) >= 11 is 0. The molecular weight excluding hydrogens is 319 g/mol. The molecule has 25 heavy (non-hydrogen) atoms. The smallest absolute Gasteiger partial charge is 0.189 e. The van der Waals surface area contributed by atoms with Crippen LogP contribution in [0.2, 0.25) is 0 Å². The number of piperazine rings is 1. The van der Waals surface area contributed by atoms with Crippen molar-refractivity contribution in [2.45, 2.75) is 19.7 Å². The standard InChI is InChI=1S/C20H23FN2O2/c21-19-10-17(20-18(11-19)14-24-15-25-20)13-23-8-6-22(7-9-23)12-16-4-2-1-3-5-16/h1-5,10-11H,6-9,12-15H2. The minimum atomic E-state index is -0.217. The van der Waals surface area contributed by atoms with Crippen LogP contribution in [0.3, 0.4) is 0 Å². The fraction of sp³-hybridized carbons (Fsp3) is 0.400. The van der Waals surface area contributed by atoms with Gasteiger partial charge in [-0.15, -0.1) is 0 Å². The quantitative estimate of drug-likeness (QED) is 0.853. The lowest BCUT2D eigenvalue weighted by Gasteiger charge is -2.35. The number of ether oxygens (including phenoxy) is 2. The van der Waals surface area contributed by atoms with Crippen LogP contribution in [0.1, 0.15) is 16.7 Å². The molecule has 0 aromatic heterocycles. The molecule has 2 aromatic carbocycles. The van der Waals surface area contributed by atoms with Gasteiger partial charge in [-0.2, -0.15) is 0 Å². The van der Waals surface area contributed by atoms with Gasteiger partial charge in [-0.3, -0.25) is 9.80 Å². The monoisotopic (exact) mass is 342 g/mol. The van der Waals surface area contributed by atoms with Crippen LogP contribution in [-0.2, 0) is 24.4 Å². The van der Waals surface area contributed by atoms with Gasteiger partial charge < -0.3 is 9.47 Å². The molecular formula is C20H23FN2O2. The van der Waals surface area contributed by atoms with Gasteiger partial charge in [0.05, 0.1) is 6.61 Å². The highest BCUT2D eigenvalue weighted by molar-refractivity contribution is 5.42. The maximum Gasteiger partial charge on any atom is 0.189 e. The number of benzene rings is 2. The van der Waals surface area contributed by atoms with Gasteiger partial charge in [-0.05, 0) is 17.7 Å². The fourth-order valence-corrected chi connectivity index (χ4v) is 3.56. The van der Waals surface area contributed by atoms with Crippen molar-refractivity contribution in [3.05, 3.63) is 65.0 Å². The Hall–Kier alpha value is -1.95.